The number of likely N-dealkylation sites (N-methyl/N-ethyl adjacent to an activating group) is 1. The largest absolute Gasteiger partial charge is 0.496 e. The summed E-state index contributed by atoms with van der Waals surface area (Å²) >= 11 is 0. The maximum absolute atomic E-state index is 13.9. The van der Waals surface area contributed by atoms with E-state index in [1.807, 2.05) is 4.90 Å². The zero-order valence-electron chi connectivity index (χ0n) is 19.5. The molecule has 1 fully saturated rings. The molecule has 1 amide bonds. The van der Waals surface area contributed by atoms with E-state index in [1.54, 1.807) is 43.4 Å². The van der Waals surface area contributed by atoms with Gasteiger partial charge in [-0.15, -0.1) is 0 Å². The molecule has 1 N–H and O–H groups in total. The highest BCUT2D eigenvalue weighted by Crippen LogP contribution is 2.42. The third-order valence-electron chi connectivity index (χ3n) is 6.32. The number of hydrogen-bond donors (Lipinski definition) is 1. The Morgan fingerprint density at radius 3 is 2.40 bits per heavy atom. The number of benzene rings is 3. The first kappa shape index (κ1) is 24.9. The summed E-state index contributed by atoms with van der Waals surface area (Å²) in [6.45, 7) is 2.52. The lowest BCUT2D eigenvalue weighted by Gasteiger charge is -2.36. The summed E-state index contributed by atoms with van der Waals surface area (Å²) in [5, 5.41) is 4.24. The molecule has 35 heavy (non-hydrogen) atoms. The average molecular weight is 490 g/mol. The molecule has 0 bridgehead atoms. The van der Waals surface area contributed by atoms with Gasteiger partial charge in [-0.25, -0.2) is 4.39 Å². The smallest absolute Gasteiger partial charge is 0.419 e. The predicted molar refractivity (Wildman–Crippen MR) is 126 cm³/mol. The number of ether oxygens (including phenoxy) is 1. The number of nitrogens with zero attached hydrogens (tertiary/aromatic N) is 2. The van der Waals surface area contributed by atoms with Gasteiger partial charge < -0.3 is 15.0 Å². The summed E-state index contributed by atoms with van der Waals surface area (Å²) in [6.07, 6.45) is -4.62. The number of rotatable bonds is 6. The van der Waals surface area contributed by atoms with E-state index < -0.39 is 23.6 Å². The molecule has 1 heterocycles. The first-order valence-corrected chi connectivity index (χ1v) is 11.3. The van der Waals surface area contributed by atoms with E-state index in [1.165, 1.54) is 24.1 Å². The van der Waals surface area contributed by atoms with Crippen molar-refractivity contribution in [1.29, 1.82) is 0 Å². The second kappa shape index (κ2) is 10.2. The van der Waals surface area contributed by atoms with Crippen molar-refractivity contribution in [2.24, 2.45) is 0 Å². The van der Waals surface area contributed by atoms with Crippen LogP contribution < -0.4 is 10.1 Å². The number of alkyl halides is 3. The molecule has 1 atom stereocenters. The van der Waals surface area contributed by atoms with E-state index in [0.29, 0.717) is 42.5 Å². The summed E-state index contributed by atoms with van der Waals surface area (Å²) < 4.78 is 60.4. The third-order valence-corrected chi connectivity index (χ3v) is 6.32. The van der Waals surface area contributed by atoms with E-state index in [9.17, 15) is 22.4 Å². The zero-order chi connectivity index (χ0) is 25.2. The molecule has 0 saturated carbocycles. The predicted octanol–water partition coefficient (Wildman–Crippen LogP) is 4.61. The van der Waals surface area contributed by atoms with Crippen LogP contribution >= 0.6 is 0 Å². The molecule has 0 spiro atoms. The molecular weight excluding hydrogens is 462 g/mol. The van der Waals surface area contributed by atoms with Crippen LogP contribution in [-0.2, 0) is 17.5 Å². The molecule has 1 aliphatic rings. The molecule has 1 saturated heterocycles. The number of carbonyl (C=O) groups excluding carboxylic acids is 1. The molecule has 1 aliphatic heterocycles. The van der Waals surface area contributed by atoms with Crippen molar-refractivity contribution in [2.75, 3.05) is 40.3 Å². The number of amides is 1. The van der Waals surface area contributed by atoms with Crippen molar-refractivity contribution in [3.63, 3.8) is 0 Å². The number of hydrogen-bond acceptors (Lipinski definition) is 4. The van der Waals surface area contributed by atoms with Gasteiger partial charge in [0.1, 0.15) is 17.6 Å². The van der Waals surface area contributed by atoms with Crippen molar-refractivity contribution < 1.29 is 27.1 Å². The van der Waals surface area contributed by atoms with Crippen molar-refractivity contribution in [3.8, 4) is 5.75 Å². The summed E-state index contributed by atoms with van der Waals surface area (Å²) in [5.41, 5.74) is 0.0321. The number of fused-ring (bicyclic) bond motifs is 1. The molecule has 3 aromatic carbocycles. The lowest BCUT2D eigenvalue weighted by molar-refractivity contribution is -0.138. The number of carbonyl (C=O) groups is 1. The first-order chi connectivity index (χ1) is 16.7. The second-order valence-corrected chi connectivity index (χ2v) is 8.59. The average Bonchev–Trinajstić information content (AvgIpc) is 2.85. The van der Waals surface area contributed by atoms with Gasteiger partial charge in [0.15, 0.2) is 0 Å². The Hall–Kier alpha value is -3.17. The minimum absolute atomic E-state index is 0.0871. The normalized spacial score (nSPS) is 15.7. The molecule has 186 valence electrons. The van der Waals surface area contributed by atoms with Crippen LogP contribution in [0.15, 0.2) is 54.6 Å². The fourth-order valence-corrected chi connectivity index (χ4v) is 4.62. The molecule has 0 aliphatic carbocycles. The molecule has 9 heteroatoms. The zero-order valence-corrected chi connectivity index (χ0v) is 19.5. The van der Waals surface area contributed by atoms with Crippen LogP contribution in [0, 0.1) is 5.82 Å². The Labute approximate surface area is 201 Å². The van der Waals surface area contributed by atoms with Crippen LogP contribution in [0.2, 0.25) is 0 Å². The highest BCUT2D eigenvalue weighted by Gasteiger charge is 2.37. The van der Waals surface area contributed by atoms with Gasteiger partial charge in [0.25, 0.3) is 0 Å². The number of nitrogens with one attached hydrogen (secondary N) is 1. The van der Waals surface area contributed by atoms with Crippen LogP contribution in [0.25, 0.3) is 10.8 Å². The van der Waals surface area contributed by atoms with E-state index in [0.717, 1.165) is 6.07 Å². The number of methoxy groups -OCH3 is 1. The van der Waals surface area contributed by atoms with Crippen molar-refractivity contribution >= 4 is 16.7 Å². The van der Waals surface area contributed by atoms with Crippen molar-refractivity contribution in [2.45, 2.75) is 18.8 Å². The molecule has 1 unspecified atom stereocenters. The van der Waals surface area contributed by atoms with Gasteiger partial charge in [0.05, 0.1) is 12.7 Å². The standard InChI is InChI=1S/C26H27F4N3O2/c1-32(25(34)23(33-13-11-31-12-14-33)17-7-9-19(27)10-8-17)16-21-20-6-4-3-5-18(20)15-22(24(21)35-2)26(28,29)30/h3-10,15,23,31H,11-14,16H2,1-2H3. The minimum Gasteiger partial charge on any atom is -0.496 e. The van der Waals surface area contributed by atoms with E-state index >= 15 is 0 Å². The van der Waals surface area contributed by atoms with E-state index in [2.05, 4.69) is 5.32 Å². The van der Waals surface area contributed by atoms with Crippen LogP contribution in [0.5, 0.6) is 5.75 Å². The Bertz CT molecular complexity index is 1190. The molecule has 3 aromatic rings. The van der Waals surface area contributed by atoms with Gasteiger partial charge >= 0.3 is 6.18 Å². The Morgan fingerprint density at radius 2 is 1.77 bits per heavy atom. The van der Waals surface area contributed by atoms with Gasteiger partial charge in [-0.3, -0.25) is 9.69 Å². The summed E-state index contributed by atoms with van der Waals surface area (Å²) in [4.78, 5) is 17.2. The Morgan fingerprint density at radius 1 is 1.11 bits per heavy atom. The SMILES string of the molecule is COc1c(C(F)(F)F)cc2ccccc2c1CN(C)C(=O)C(c1ccc(F)cc1)N1CCNCC1. The van der Waals surface area contributed by atoms with Gasteiger partial charge in [0, 0.05) is 45.3 Å². The monoisotopic (exact) mass is 489 g/mol. The molecule has 5 nitrogen and oxygen atoms in total. The molecule has 0 radical (unpaired) electrons. The Kier molecular flexibility index (Phi) is 7.28. The molecule has 4 rings (SSSR count). The van der Waals surface area contributed by atoms with Crippen LogP contribution in [-0.4, -0.2) is 56.0 Å². The highest BCUT2D eigenvalue weighted by molar-refractivity contribution is 5.90. The van der Waals surface area contributed by atoms with Gasteiger partial charge in [-0.05, 0) is 34.5 Å². The van der Waals surface area contributed by atoms with E-state index in [4.69, 9.17) is 4.74 Å². The van der Waals surface area contributed by atoms with Crippen molar-refractivity contribution in [3.05, 3.63) is 77.1 Å². The lowest BCUT2D eigenvalue weighted by atomic mass is 9.97. The topological polar surface area (TPSA) is 44.8 Å². The van der Waals surface area contributed by atoms with Crippen LogP contribution in [0.3, 0.4) is 0 Å². The molecule has 0 aromatic heterocycles. The van der Waals surface area contributed by atoms with Crippen LogP contribution in [0.4, 0.5) is 17.6 Å². The minimum atomic E-state index is -4.62. The maximum atomic E-state index is 13.9. The van der Waals surface area contributed by atoms with Gasteiger partial charge in [-0.2, -0.15) is 13.2 Å². The summed E-state index contributed by atoms with van der Waals surface area (Å²) in [6, 6.07) is 12.9. The number of halogens is 4. The first-order valence-electron chi connectivity index (χ1n) is 11.3. The highest BCUT2D eigenvalue weighted by atomic mass is 19.4. The van der Waals surface area contributed by atoms with E-state index in [-0.39, 0.29) is 23.8 Å². The molecular formula is C26H27F4N3O2. The third kappa shape index (κ3) is 5.26. The van der Waals surface area contributed by atoms with Gasteiger partial charge in [0.2, 0.25) is 5.91 Å². The lowest BCUT2D eigenvalue weighted by Crippen LogP contribution is -2.49. The van der Waals surface area contributed by atoms with Crippen LogP contribution in [0.1, 0.15) is 22.7 Å². The summed E-state index contributed by atoms with van der Waals surface area (Å²) in [5.74, 6) is -0.993. The number of piperazine rings is 1. The second-order valence-electron chi connectivity index (χ2n) is 8.59. The maximum Gasteiger partial charge on any atom is 0.419 e. The fraction of sp³-hybridized carbons (Fsp3) is 0.346. The van der Waals surface area contributed by atoms with Crippen molar-refractivity contribution in [1.82, 2.24) is 15.1 Å². The van der Waals surface area contributed by atoms with Gasteiger partial charge in [-0.1, -0.05) is 36.4 Å². The fourth-order valence-electron chi connectivity index (χ4n) is 4.62. The Balaban J connectivity index is 1.74. The summed E-state index contributed by atoms with van der Waals surface area (Å²) in [7, 11) is 2.77. The quantitative estimate of drug-likeness (QED) is 0.514.